The van der Waals surface area contributed by atoms with Gasteiger partial charge in [-0.2, -0.15) is 13.2 Å². The van der Waals surface area contributed by atoms with E-state index in [1.807, 2.05) is 27.7 Å². The van der Waals surface area contributed by atoms with Crippen molar-refractivity contribution in [1.29, 1.82) is 0 Å². The van der Waals surface area contributed by atoms with Crippen LogP contribution in [0.25, 0.3) is 0 Å². The molecule has 1 atom stereocenters. The van der Waals surface area contributed by atoms with E-state index in [1.165, 1.54) is 6.92 Å². The molecule has 1 unspecified atom stereocenters. The maximum Gasteiger partial charge on any atom is 0.393 e. The molecule has 124 valence electrons. The van der Waals surface area contributed by atoms with E-state index in [-0.39, 0.29) is 34.3 Å². The van der Waals surface area contributed by atoms with Gasteiger partial charge >= 0.3 is 12.1 Å². The highest BCUT2D eigenvalue weighted by Crippen LogP contribution is 2.68. The summed E-state index contributed by atoms with van der Waals surface area (Å²) in [6, 6.07) is 0. The summed E-state index contributed by atoms with van der Waals surface area (Å²) < 4.78 is 42.8. The van der Waals surface area contributed by atoms with Crippen LogP contribution in [-0.2, 0) is 14.3 Å². The number of carbonyl (C=O) groups is 2. The predicted octanol–water partition coefficient (Wildman–Crippen LogP) is 3.82. The third kappa shape index (κ3) is 2.68. The van der Waals surface area contributed by atoms with Gasteiger partial charge in [-0.25, -0.2) is 0 Å². The molecule has 1 saturated carbocycles. The Labute approximate surface area is 127 Å². The van der Waals surface area contributed by atoms with E-state index in [0.29, 0.717) is 0 Å². The van der Waals surface area contributed by atoms with Crippen LogP contribution in [0.1, 0.15) is 47.5 Å². The fraction of sp³-hybridized carbons (Fsp3) is 0.750. The predicted molar refractivity (Wildman–Crippen MR) is 73.9 cm³/mol. The van der Waals surface area contributed by atoms with Crippen LogP contribution in [-0.4, -0.2) is 24.0 Å². The van der Waals surface area contributed by atoms with Gasteiger partial charge in [0.05, 0.1) is 18.8 Å². The third-order valence-corrected chi connectivity index (χ3v) is 5.56. The minimum absolute atomic E-state index is 0.184. The van der Waals surface area contributed by atoms with Crippen LogP contribution in [0.4, 0.5) is 13.2 Å². The largest absolute Gasteiger partial charge is 0.457 e. The Morgan fingerprint density at radius 3 is 2.14 bits per heavy atom. The van der Waals surface area contributed by atoms with Crippen LogP contribution in [0.15, 0.2) is 11.1 Å². The van der Waals surface area contributed by atoms with Crippen LogP contribution in [0.5, 0.6) is 0 Å². The number of hydrogen-bond donors (Lipinski definition) is 0. The summed E-state index contributed by atoms with van der Waals surface area (Å²) in [7, 11) is 0. The summed E-state index contributed by atoms with van der Waals surface area (Å²) in [6.45, 7) is 9.26. The van der Waals surface area contributed by atoms with E-state index in [9.17, 15) is 22.8 Å². The molecule has 0 radical (unpaired) electrons. The van der Waals surface area contributed by atoms with Gasteiger partial charge in [-0.1, -0.05) is 27.7 Å². The molecule has 0 aromatic carbocycles. The average Bonchev–Trinajstić information content (AvgIpc) is 2.59. The Morgan fingerprint density at radius 2 is 1.73 bits per heavy atom. The topological polar surface area (TPSA) is 43.4 Å². The van der Waals surface area contributed by atoms with E-state index < -0.39 is 30.5 Å². The molecule has 0 saturated heterocycles. The lowest BCUT2D eigenvalue weighted by atomic mass is 10.0. The molecule has 22 heavy (non-hydrogen) atoms. The van der Waals surface area contributed by atoms with Crippen molar-refractivity contribution >= 4 is 11.8 Å². The number of alkyl halides is 3. The fourth-order valence-corrected chi connectivity index (χ4v) is 3.42. The number of Topliss-reactive ketones (excluding diaryl/α,β-unsaturated/α-hetero) is 1. The molecular weight excluding hydrogens is 297 g/mol. The molecule has 1 fully saturated rings. The number of hydrogen-bond acceptors (Lipinski definition) is 3. The lowest BCUT2D eigenvalue weighted by molar-refractivity contribution is -0.150. The normalized spacial score (nSPS) is 27.3. The van der Waals surface area contributed by atoms with Gasteiger partial charge in [0, 0.05) is 5.57 Å². The Balaban J connectivity index is 2.09. The van der Waals surface area contributed by atoms with Gasteiger partial charge in [-0.15, -0.1) is 0 Å². The van der Waals surface area contributed by atoms with Gasteiger partial charge in [-0.3, -0.25) is 9.59 Å². The number of halogens is 3. The quantitative estimate of drug-likeness (QED) is 0.743. The van der Waals surface area contributed by atoms with Gasteiger partial charge in [0.25, 0.3) is 0 Å². The van der Waals surface area contributed by atoms with Crippen LogP contribution < -0.4 is 0 Å². The molecule has 0 heterocycles. The Bertz CT molecular complexity index is 541. The van der Waals surface area contributed by atoms with E-state index in [2.05, 4.69) is 0 Å². The summed E-state index contributed by atoms with van der Waals surface area (Å²) in [4.78, 5) is 24.0. The molecule has 0 spiro atoms. The van der Waals surface area contributed by atoms with Gasteiger partial charge in [0.15, 0.2) is 5.78 Å². The molecule has 0 aromatic heterocycles. The van der Waals surface area contributed by atoms with Crippen molar-refractivity contribution in [2.45, 2.75) is 59.7 Å². The zero-order chi connectivity index (χ0) is 17.1. The SMILES string of the molecule is CC1=C(CC(F)(F)F)C(=O)CC1OC(=O)C1C(C)(C)C1(C)C. The van der Waals surface area contributed by atoms with Crippen LogP contribution in [0, 0.1) is 16.7 Å². The lowest BCUT2D eigenvalue weighted by Gasteiger charge is -2.14. The number of esters is 1. The Hall–Kier alpha value is -1.33. The minimum Gasteiger partial charge on any atom is -0.457 e. The molecule has 0 N–H and O–H groups in total. The van der Waals surface area contributed by atoms with Crippen molar-refractivity contribution in [2.24, 2.45) is 16.7 Å². The summed E-state index contributed by atoms with van der Waals surface area (Å²) in [5, 5.41) is 0. The van der Waals surface area contributed by atoms with Crippen molar-refractivity contribution in [2.75, 3.05) is 0 Å². The van der Waals surface area contributed by atoms with Crippen LogP contribution in [0.3, 0.4) is 0 Å². The van der Waals surface area contributed by atoms with E-state index >= 15 is 0 Å². The monoisotopic (exact) mass is 318 g/mol. The molecule has 2 rings (SSSR count). The first kappa shape index (κ1) is 17.0. The highest BCUT2D eigenvalue weighted by molar-refractivity contribution is 6.00. The molecule has 0 amide bonds. The standard InChI is InChI=1S/C16H21F3O3/c1-8-9(7-16(17,18)19)10(20)6-11(8)22-13(21)12-14(2,3)15(12,4)5/h11-12H,6-7H2,1-5H3. The maximum atomic E-state index is 12.5. The van der Waals surface area contributed by atoms with Crippen molar-refractivity contribution < 1.29 is 27.5 Å². The lowest BCUT2D eigenvalue weighted by Crippen LogP contribution is -2.21. The first-order valence-electron chi connectivity index (χ1n) is 7.29. The summed E-state index contributed by atoms with van der Waals surface area (Å²) in [5.41, 5.74) is -0.454. The van der Waals surface area contributed by atoms with Crippen molar-refractivity contribution in [3.8, 4) is 0 Å². The first-order chi connectivity index (χ1) is 9.79. The fourth-order valence-electron chi connectivity index (χ4n) is 3.42. The summed E-state index contributed by atoms with van der Waals surface area (Å²) in [6.07, 6.45) is -6.74. The van der Waals surface area contributed by atoms with Gasteiger partial charge in [0.1, 0.15) is 6.10 Å². The van der Waals surface area contributed by atoms with Crippen molar-refractivity contribution in [1.82, 2.24) is 0 Å². The first-order valence-corrected chi connectivity index (χ1v) is 7.29. The highest BCUT2D eigenvalue weighted by Gasteiger charge is 2.69. The molecule has 0 bridgehead atoms. The molecule has 0 aromatic rings. The minimum atomic E-state index is -4.44. The average molecular weight is 318 g/mol. The molecule has 0 aliphatic heterocycles. The van der Waals surface area contributed by atoms with E-state index in [4.69, 9.17) is 4.74 Å². The number of carbonyl (C=O) groups excluding carboxylic acids is 2. The second kappa shape index (κ2) is 4.83. The van der Waals surface area contributed by atoms with E-state index in [0.717, 1.165) is 0 Å². The second-order valence-electron chi connectivity index (χ2n) is 7.38. The number of allylic oxidation sites excluding steroid dienone is 1. The summed E-state index contributed by atoms with van der Waals surface area (Å²) in [5.74, 6) is -1.31. The molecule has 2 aliphatic rings. The number of rotatable bonds is 3. The smallest absolute Gasteiger partial charge is 0.393 e. The molecule has 2 aliphatic carbocycles. The van der Waals surface area contributed by atoms with Crippen molar-refractivity contribution in [3.05, 3.63) is 11.1 Å². The zero-order valence-electron chi connectivity index (χ0n) is 13.4. The van der Waals surface area contributed by atoms with Gasteiger partial charge in [-0.05, 0) is 23.3 Å². The second-order valence-corrected chi connectivity index (χ2v) is 7.38. The highest BCUT2D eigenvalue weighted by atomic mass is 19.4. The zero-order valence-corrected chi connectivity index (χ0v) is 13.4. The van der Waals surface area contributed by atoms with E-state index in [1.54, 1.807) is 0 Å². The Kier molecular flexibility index (Phi) is 3.74. The summed E-state index contributed by atoms with van der Waals surface area (Å²) >= 11 is 0. The van der Waals surface area contributed by atoms with Gasteiger partial charge < -0.3 is 4.74 Å². The van der Waals surface area contributed by atoms with Crippen LogP contribution in [0.2, 0.25) is 0 Å². The Morgan fingerprint density at radius 1 is 1.23 bits per heavy atom. The van der Waals surface area contributed by atoms with Crippen molar-refractivity contribution in [3.63, 3.8) is 0 Å². The third-order valence-electron chi connectivity index (χ3n) is 5.56. The van der Waals surface area contributed by atoms with Crippen LogP contribution >= 0.6 is 0 Å². The van der Waals surface area contributed by atoms with Gasteiger partial charge in [0.2, 0.25) is 0 Å². The number of ketones is 1. The maximum absolute atomic E-state index is 12.5. The molecular formula is C16H21F3O3. The number of ether oxygens (including phenoxy) is 1. The molecule has 3 nitrogen and oxygen atoms in total. The molecule has 6 heteroatoms.